The Kier molecular flexibility index (Phi) is 7.73. The number of morpholine rings is 1. The van der Waals surface area contributed by atoms with E-state index in [2.05, 4.69) is 14.6 Å². The van der Waals surface area contributed by atoms with Crippen molar-refractivity contribution in [1.29, 1.82) is 0 Å². The number of nitrogens with zero attached hydrogens (tertiary/aromatic N) is 1. The molecule has 1 heterocycles. The largest absolute Gasteiger partial charge is 0.431 e. The Labute approximate surface area is 77.8 Å². The van der Waals surface area contributed by atoms with Crippen molar-refractivity contribution in [1.82, 2.24) is 10.2 Å². The molecule has 0 amide bonds. The first-order chi connectivity index (χ1) is 5.72. The molecule has 5 heteroatoms. The van der Waals surface area contributed by atoms with Gasteiger partial charge in [-0.1, -0.05) is 0 Å². The van der Waals surface area contributed by atoms with Crippen LogP contribution in [-0.4, -0.2) is 62.5 Å². The molecule has 0 aromatic carbocycles. The highest BCUT2D eigenvalue weighted by Crippen LogP contribution is 1.96. The first-order valence-electron chi connectivity index (χ1n) is 4.11. The molecule has 74 valence electrons. The van der Waals surface area contributed by atoms with Gasteiger partial charge < -0.3 is 14.5 Å². The molecule has 1 rings (SSSR count). The smallest absolute Gasteiger partial charge is 0.145 e. The van der Waals surface area contributed by atoms with E-state index in [9.17, 15) is 0 Å². The van der Waals surface area contributed by atoms with E-state index in [4.69, 9.17) is 4.74 Å². The molecule has 1 aliphatic heterocycles. The van der Waals surface area contributed by atoms with Crippen molar-refractivity contribution in [3.8, 4) is 0 Å². The summed E-state index contributed by atoms with van der Waals surface area (Å²) < 4.78 is 9.79. The van der Waals surface area contributed by atoms with E-state index in [0.29, 0.717) is 0 Å². The Bertz CT molecular complexity index is 97.4. The zero-order chi connectivity index (χ0) is 9.40. The molecule has 1 aliphatic rings. The summed E-state index contributed by atoms with van der Waals surface area (Å²) >= 11 is 0. The fraction of sp³-hybridized carbons (Fsp3) is 1.00. The van der Waals surface area contributed by atoms with Crippen LogP contribution in [-0.2, 0) is 9.16 Å². The molecule has 1 fully saturated rings. The molecule has 1 N–H and O–H groups in total. The van der Waals surface area contributed by atoms with Crippen molar-refractivity contribution in [2.75, 3.05) is 40.9 Å². The fourth-order valence-electron chi connectivity index (χ4n) is 0.883. The van der Waals surface area contributed by atoms with Crippen LogP contribution in [0.3, 0.4) is 0 Å². The average molecular weight is 192 g/mol. The molecule has 0 aromatic rings. The molecule has 0 spiro atoms. The number of hydrogen-bond donors (Lipinski definition) is 1. The van der Waals surface area contributed by atoms with E-state index >= 15 is 0 Å². The zero-order valence-corrected chi connectivity index (χ0v) is 10.5. The Morgan fingerprint density at radius 1 is 1.58 bits per heavy atom. The maximum absolute atomic E-state index is 5.40. The van der Waals surface area contributed by atoms with Crippen molar-refractivity contribution in [3.05, 3.63) is 0 Å². The van der Waals surface area contributed by atoms with Gasteiger partial charge in [0, 0.05) is 20.2 Å². The van der Waals surface area contributed by atoms with E-state index in [0.717, 1.165) is 30.2 Å². The lowest BCUT2D eigenvalue weighted by Gasteiger charge is -2.28. The summed E-state index contributed by atoms with van der Waals surface area (Å²) in [5.41, 5.74) is 0. The van der Waals surface area contributed by atoms with E-state index < -0.39 is 0 Å². The van der Waals surface area contributed by atoms with Crippen molar-refractivity contribution < 1.29 is 9.16 Å². The van der Waals surface area contributed by atoms with Crippen molar-refractivity contribution >= 4 is 10.5 Å². The van der Waals surface area contributed by atoms with Gasteiger partial charge in [-0.25, -0.2) is 0 Å². The molecule has 0 bridgehead atoms. The minimum absolute atomic E-state index is 0.277. The third kappa shape index (κ3) is 5.67. The van der Waals surface area contributed by atoms with Crippen LogP contribution in [0.25, 0.3) is 0 Å². The van der Waals surface area contributed by atoms with Crippen LogP contribution in [0, 0.1) is 0 Å². The van der Waals surface area contributed by atoms with Crippen LogP contribution in [0.4, 0.5) is 0 Å². The molecule has 0 radical (unpaired) electrons. The SMILES string of the molecule is CN(C)C1CNCCO1.CO[SiH3]. The molecule has 1 atom stereocenters. The van der Waals surface area contributed by atoms with Crippen LogP contribution < -0.4 is 5.32 Å². The van der Waals surface area contributed by atoms with Gasteiger partial charge in [-0.15, -0.1) is 0 Å². The standard InChI is InChI=1S/C6H14N2O.CH6OSi/c1-8(2)6-5-7-3-4-9-6;1-2-3/h6-7H,3-5H2,1-2H3;1,3H3. The fourth-order valence-corrected chi connectivity index (χ4v) is 0.883. The normalized spacial score (nSPS) is 23.5. The predicted molar refractivity (Wildman–Crippen MR) is 53.2 cm³/mol. The Hall–Kier alpha value is 0.0569. The van der Waals surface area contributed by atoms with E-state index in [1.807, 2.05) is 14.1 Å². The summed E-state index contributed by atoms with van der Waals surface area (Å²) in [6.07, 6.45) is 0.277. The second-order valence-corrected chi connectivity index (χ2v) is 3.72. The topological polar surface area (TPSA) is 33.7 Å². The molecule has 1 saturated heterocycles. The molecule has 1 unspecified atom stereocenters. The van der Waals surface area contributed by atoms with Gasteiger partial charge in [-0.3, -0.25) is 4.90 Å². The summed E-state index contributed by atoms with van der Waals surface area (Å²) in [7, 11) is 6.61. The highest BCUT2D eigenvalue weighted by molar-refractivity contribution is 5.97. The van der Waals surface area contributed by atoms with Crippen LogP contribution in [0.1, 0.15) is 0 Å². The van der Waals surface area contributed by atoms with E-state index in [1.54, 1.807) is 7.11 Å². The monoisotopic (exact) mass is 192 g/mol. The van der Waals surface area contributed by atoms with Crippen LogP contribution in [0.15, 0.2) is 0 Å². The lowest BCUT2D eigenvalue weighted by molar-refractivity contribution is -0.0533. The summed E-state index contributed by atoms with van der Waals surface area (Å²) in [5.74, 6) is 0. The highest BCUT2D eigenvalue weighted by Gasteiger charge is 2.13. The molecule has 12 heavy (non-hydrogen) atoms. The number of nitrogens with one attached hydrogen (secondary N) is 1. The Morgan fingerprint density at radius 2 is 2.17 bits per heavy atom. The van der Waals surface area contributed by atoms with E-state index in [-0.39, 0.29) is 6.23 Å². The lowest BCUT2D eigenvalue weighted by atomic mass is 10.4. The summed E-state index contributed by atoms with van der Waals surface area (Å²) in [4.78, 5) is 2.08. The quantitative estimate of drug-likeness (QED) is 0.508. The van der Waals surface area contributed by atoms with Gasteiger partial charge in [0.25, 0.3) is 0 Å². The van der Waals surface area contributed by atoms with Crippen molar-refractivity contribution in [3.63, 3.8) is 0 Å². The molecular weight excluding hydrogens is 172 g/mol. The highest BCUT2D eigenvalue weighted by atomic mass is 28.2. The van der Waals surface area contributed by atoms with Gasteiger partial charge in [0.15, 0.2) is 0 Å². The number of ether oxygens (including phenoxy) is 1. The molecule has 0 aliphatic carbocycles. The third-order valence-electron chi connectivity index (χ3n) is 1.48. The van der Waals surface area contributed by atoms with Crippen LogP contribution in [0.5, 0.6) is 0 Å². The number of likely N-dealkylation sites (N-methyl/N-ethyl adjacent to an activating group) is 1. The lowest BCUT2D eigenvalue weighted by Crippen LogP contribution is -2.46. The summed E-state index contributed by atoms with van der Waals surface area (Å²) in [6, 6.07) is 0. The molecular formula is C7H20N2O2Si. The van der Waals surface area contributed by atoms with Gasteiger partial charge in [0.1, 0.15) is 16.7 Å². The zero-order valence-electron chi connectivity index (χ0n) is 8.46. The first-order valence-corrected chi connectivity index (χ1v) is 4.93. The molecule has 0 saturated carbocycles. The van der Waals surface area contributed by atoms with Gasteiger partial charge in [0.2, 0.25) is 0 Å². The Morgan fingerprint density at radius 3 is 2.42 bits per heavy atom. The van der Waals surface area contributed by atoms with Gasteiger partial charge in [0.05, 0.1) is 6.61 Å². The van der Waals surface area contributed by atoms with Crippen molar-refractivity contribution in [2.24, 2.45) is 0 Å². The second-order valence-electron chi connectivity index (χ2n) is 2.90. The molecule has 4 nitrogen and oxygen atoms in total. The van der Waals surface area contributed by atoms with Crippen molar-refractivity contribution in [2.45, 2.75) is 6.23 Å². The van der Waals surface area contributed by atoms with Gasteiger partial charge in [-0.2, -0.15) is 0 Å². The number of hydrogen-bond acceptors (Lipinski definition) is 4. The molecule has 0 aromatic heterocycles. The minimum atomic E-state index is 0.277. The number of rotatable bonds is 1. The minimum Gasteiger partial charge on any atom is -0.431 e. The maximum Gasteiger partial charge on any atom is 0.145 e. The first kappa shape index (κ1) is 12.1. The second kappa shape index (κ2) is 7.69. The summed E-state index contributed by atoms with van der Waals surface area (Å²) in [6.45, 7) is 2.78. The predicted octanol–water partition coefficient (Wildman–Crippen LogP) is -1.59. The average Bonchev–Trinajstić information content (AvgIpc) is 2.07. The summed E-state index contributed by atoms with van der Waals surface area (Å²) in [5, 5.41) is 3.25. The van der Waals surface area contributed by atoms with Gasteiger partial charge >= 0.3 is 0 Å². The maximum atomic E-state index is 5.40. The van der Waals surface area contributed by atoms with Gasteiger partial charge in [-0.05, 0) is 14.1 Å². The van der Waals surface area contributed by atoms with E-state index in [1.165, 1.54) is 0 Å². The van der Waals surface area contributed by atoms with Crippen LogP contribution in [0.2, 0.25) is 0 Å². The Balaban J connectivity index is 0.000000354. The third-order valence-corrected chi connectivity index (χ3v) is 1.48. The van der Waals surface area contributed by atoms with Crippen LogP contribution >= 0.6 is 0 Å².